The Morgan fingerprint density at radius 2 is 1.69 bits per heavy atom. The van der Waals surface area contributed by atoms with Crippen LogP contribution in [0.15, 0.2) is 42.5 Å². The lowest BCUT2D eigenvalue weighted by Gasteiger charge is -2.37. The Balaban J connectivity index is 0.00000171. The molecule has 0 spiro atoms. The van der Waals surface area contributed by atoms with Gasteiger partial charge in [-0.05, 0) is 18.2 Å². The Labute approximate surface area is 209 Å². The molecule has 0 radical (unpaired) electrons. The van der Waals surface area contributed by atoms with Gasteiger partial charge in [-0.15, -0.1) is 12.4 Å². The number of hydrogen-bond donors (Lipinski definition) is 1. The molecule has 2 aliphatic rings. The molecule has 11 heteroatoms. The van der Waals surface area contributed by atoms with Gasteiger partial charge in [0.2, 0.25) is 6.10 Å². The lowest BCUT2D eigenvalue weighted by atomic mass is 10.1. The van der Waals surface area contributed by atoms with Crippen molar-refractivity contribution in [2.24, 2.45) is 0 Å². The first-order valence-electron chi connectivity index (χ1n) is 10.8. The normalized spacial score (nSPS) is 16.7. The molecular formula is C24H29ClN4O6. The number of hydrogen-bond acceptors (Lipinski definition) is 8. The number of carbonyl (C=O) groups is 1. The molecule has 4 N–H and O–H groups in total. The molecule has 3 aromatic rings. The van der Waals surface area contributed by atoms with Crippen LogP contribution in [0, 0.1) is 0 Å². The van der Waals surface area contributed by atoms with Crippen molar-refractivity contribution >= 4 is 40.7 Å². The fourth-order valence-electron chi connectivity index (χ4n) is 4.23. The van der Waals surface area contributed by atoms with Gasteiger partial charge in [-0.1, -0.05) is 12.1 Å². The van der Waals surface area contributed by atoms with E-state index in [1.807, 2.05) is 47.4 Å². The molecule has 1 fully saturated rings. The number of halogens is 1. The Morgan fingerprint density at radius 1 is 1.03 bits per heavy atom. The maximum Gasteiger partial charge on any atom is 0.267 e. The molecule has 0 aliphatic carbocycles. The summed E-state index contributed by atoms with van der Waals surface area (Å²) >= 11 is 0. The average Bonchev–Trinajstić information content (AvgIpc) is 2.87. The second kappa shape index (κ2) is 10.7. The van der Waals surface area contributed by atoms with Gasteiger partial charge in [0, 0.05) is 49.4 Å². The quantitative estimate of drug-likeness (QED) is 0.570. The van der Waals surface area contributed by atoms with E-state index in [9.17, 15) is 4.79 Å². The number of amides is 1. The summed E-state index contributed by atoms with van der Waals surface area (Å²) in [7, 11) is 3.18. The van der Waals surface area contributed by atoms with Gasteiger partial charge in [-0.25, -0.2) is 4.98 Å². The first-order chi connectivity index (χ1) is 16.1. The van der Waals surface area contributed by atoms with Crippen molar-refractivity contribution in [3.8, 4) is 23.0 Å². The Bertz CT molecular complexity index is 1200. The molecule has 2 aliphatic heterocycles. The summed E-state index contributed by atoms with van der Waals surface area (Å²) in [4.78, 5) is 21.7. The van der Waals surface area contributed by atoms with Crippen molar-refractivity contribution in [1.82, 2.24) is 9.88 Å². The number of nitrogen functional groups attached to an aromatic ring is 1. The molecule has 0 bridgehead atoms. The van der Waals surface area contributed by atoms with E-state index in [1.54, 1.807) is 14.2 Å². The number of fused-ring (bicyclic) bond motifs is 2. The Kier molecular flexibility index (Phi) is 7.98. The van der Waals surface area contributed by atoms with E-state index in [0.29, 0.717) is 54.9 Å². The summed E-state index contributed by atoms with van der Waals surface area (Å²) in [6.45, 7) is 2.62. The summed E-state index contributed by atoms with van der Waals surface area (Å²) in [5.74, 6) is 3.18. The fourth-order valence-corrected chi connectivity index (χ4v) is 4.23. The van der Waals surface area contributed by atoms with Crippen LogP contribution in [0.4, 0.5) is 11.5 Å². The standard InChI is InChI=1S/C24H26N4O5.ClH.H2O/c1-30-20-11-15-16(25)12-23(26-17(15)13-21(20)31-2)27-7-9-28(10-8-27)24(29)22-14-32-18-5-3-4-6-19(18)33-22;;/h3-6,11-13,22H,7-10,14H2,1-2H3,(H2,25,26);1H;1H2. The minimum atomic E-state index is -0.636. The highest BCUT2D eigenvalue weighted by molar-refractivity contribution is 5.94. The van der Waals surface area contributed by atoms with E-state index >= 15 is 0 Å². The van der Waals surface area contributed by atoms with E-state index in [1.165, 1.54) is 0 Å². The lowest BCUT2D eigenvalue weighted by molar-refractivity contribution is -0.141. The van der Waals surface area contributed by atoms with Crippen LogP contribution >= 0.6 is 12.4 Å². The summed E-state index contributed by atoms with van der Waals surface area (Å²) < 4.78 is 22.4. The van der Waals surface area contributed by atoms with Gasteiger partial charge in [0.05, 0.1) is 19.7 Å². The third kappa shape index (κ3) is 4.94. The number of pyridine rings is 1. The van der Waals surface area contributed by atoms with Crippen LogP contribution in [0.3, 0.4) is 0 Å². The second-order valence-electron chi connectivity index (χ2n) is 7.97. The largest absolute Gasteiger partial charge is 0.493 e. The van der Waals surface area contributed by atoms with E-state index in [0.717, 1.165) is 16.7 Å². The number of nitrogens with two attached hydrogens (primary N) is 1. The molecule has 1 saturated heterocycles. The Hall–Kier alpha value is -3.63. The van der Waals surface area contributed by atoms with Crippen molar-refractivity contribution in [3.63, 3.8) is 0 Å². The molecule has 3 heterocycles. The molecular weight excluding hydrogens is 476 g/mol. The van der Waals surface area contributed by atoms with Gasteiger partial charge in [0.15, 0.2) is 23.0 Å². The molecule has 1 unspecified atom stereocenters. The zero-order chi connectivity index (χ0) is 22.9. The monoisotopic (exact) mass is 504 g/mol. The summed E-state index contributed by atoms with van der Waals surface area (Å²) in [6, 6.07) is 12.9. The van der Waals surface area contributed by atoms with E-state index < -0.39 is 6.10 Å². The number of para-hydroxylation sites is 2. The van der Waals surface area contributed by atoms with E-state index in [-0.39, 0.29) is 30.4 Å². The molecule has 10 nitrogen and oxygen atoms in total. The van der Waals surface area contributed by atoms with Crippen LogP contribution in [0.2, 0.25) is 0 Å². The van der Waals surface area contributed by atoms with Gasteiger partial charge in [-0.3, -0.25) is 4.79 Å². The maximum atomic E-state index is 13.0. The molecule has 1 atom stereocenters. The van der Waals surface area contributed by atoms with Crippen molar-refractivity contribution in [2.75, 3.05) is 57.6 Å². The first-order valence-corrected chi connectivity index (χ1v) is 10.8. The van der Waals surface area contributed by atoms with Crippen LogP contribution in [0.1, 0.15) is 0 Å². The molecule has 1 aromatic heterocycles. The topological polar surface area (TPSA) is 131 Å². The number of ether oxygens (including phenoxy) is 4. The predicted molar refractivity (Wildman–Crippen MR) is 135 cm³/mol. The highest BCUT2D eigenvalue weighted by atomic mass is 35.5. The number of methoxy groups -OCH3 is 2. The highest BCUT2D eigenvalue weighted by Crippen LogP contribution is 2.35. The zero-order valence-electron chi connectivity index (χ0n) is 19.5. The third-order valence-electron chi connectivity index (χ3n) is 6.03. The van der Waals surface area contributed by atoms with Gasteiger partial charge < -0.3 is 40.0 Å². The molecule has 35 heavy (non-hydrogen) atoms. The lowest BCUT2D eigenvalue weighted by Crippen LogP contribution is -2.54. The summed E-state index contributed by atoms with van der Waals surface area (Å²) in [6.07, 6.45) is -0.636. The molecule has 5 rings (SSSR count). The summed E-state index contributed by atoms with van der Waals surface area (Å²) in [5.41, 5.74) is 7.67. The number of benzene rings is 2. The number of rotatable bonds is 4. The molecule has 1 amide bonds. The SMILES string of the molecule is COc1cc2nc(N3CCN(C(=O)C4COc5ccccc5O4)CC3)cc(N)c2cc1OC.Cl.O. The minimum Gasteiger partial charge on any atom is -0.493 e. The van der Waals surface area contributed by atoms with Crippen LogP contribution in [0.5, 0.6) is 23.0 Å². The van der Waals surface area contributed by atoms with E-state index in [2.05, 4.69) is 4.90 Å². The molecule has 0 saturated carbocycles. The number of aromatic nitrogens is 1. The van der Waals surface area contributed by atoms with Gasteiger partial charge in [0.1, 0.15) is 12.4 Å². The average molecular weight is 505 g/mol. The first kappa shape index (κ1) is 26.0. The number of piperazine rings is 1. The fraction of sp³-hybridized carbons (Fsp3) is 0.333. The Morgan fingerprint density at radius 3 is 2.37 bits per heavy atom. The van der Waals surface area contributed by atoms with Gasteiger partial charge in [0.25, 0.3) is 5.91 Å². The molecule has 188 valence electrons. The highest BCUT2D eigenvalue weighted by Gasteiger charge is 2.33. The predicted octanol–water partition coefficient (Wildman–Crippen LogP) is 1.92. The number of carbonyl (C=O) groups excluding carboxylic acids is 1. The van der Waals surface area contributed by atoms with Crippen LogP contribution in [-0.2, 0) is 4.79 Å². The smallest absolute Gasteiger partial charge is 0.267 e. The number of anilines is 2. The van der Waals surface area contributed by atoms with Crippen molar-refractivity contribution in [2.45, 2.75) is 6.10 Å². The maximum absolute atomic E-state index is 13.0. The van der Waals surface area contributed by atoms with Crippen LogP contribution < -0.4 is 29.6 Å². The minimum absolute atomic E-state index is 0. The van der Waals surface area contributed by atoms with Crippen molar-refractivity contribution < 1.29 is 29.2 Å². The second-order valence-corrected chi connectivity index (χ2v) is 7.97. The van der Waals surface area contributed by atoms with Crippen LogP contribution in [0.25, 0.3) is 10.9 Å². The number of nitrogens with zero attached hydrogens (tertiary/aromatic N) is 3. The molecule has 2 aromatic carbocycles. The zero-order valence-corrected chi connectivity index (χ0v) is 20.3. The van der Waals surface area contributed by atoms with Gasteiger partial charge >= 0.3 is 0 Å². The van der Waals surface area contributed by atoms with Crippen molar-refractivity contribution in [3.05, 3.63) is 42.5 Å². The summed E-state index contributed by atoms with van der Waals surface area (Å²) in [5, 5.41) is 0.806. The van der Waals surface area contributed by atoms with Crippen LogP contribution in [-0.4, -0.2) is 74.4 Å². The van der Waals surface area contributed by atoms with Crippen molar-refractivity contribution in [1.29, 1.82) is 0 Å². The van der Waals surface area contributed by atoms with Gasteiger partial charge in [-0.2, -0.15) is 0 Å². The third-order valence-corrected chi connectivity index (χ3v) is 6.03. The van der Waals surface area contributed by atoms with E-state index in [4.69, 9.17) is 29.7 Å².